The molecule has 1 N–H and O–H groups in total. The monoisotopic (exact) mass is 344 g/mol. The third kappa shape index (κ3) is 4.94. The van der Waals surface area contributed by atoms with E-state index in [0.717, 1.165) is 30.7 Å². The van der Waals surface area contributed by atoms with Crippen LogP contribution < -0.4 is 10.2 Å². The van der Waals surface area contributed by atoms with Crippen LogP contribution in [0.5, 0.6) is 0 Å². The van der Waals surface area contributed by atoms with Crippen molar-refractivity contribution in [2.24, 2.45) is 11.8 Å². The Morgan fingerprint density at radius 2 is 2.04 bits per heavy atom. The van der Waals surface area contributed by atoms with Gasteiger partial charge in [-0.05, 0) is 69.7 Å². The topological polar surface area (TPSA) is 48.5 Å². The fourth-order valence-electron chi connectivity index (χ4n) is 4.00. The first-order chi connectivity index (χ1) is 12.2. The summed E-state index contributed by atoms with van der Waals surface area (Å²) in [7, 11) is 0. The summed E-state index contributed by atoms with van der Waals surface area (Å²) in [5.74, 6) is 2.58. The summed E-state index contributed by atoms with van der Waals surface area (Å²) in [4.78, 5) is 21.5. The Morgan fingerprint density at radius 1 is 1.24 bits per heavy atom. The Morgan fingerprint density at radius 3 is 2.72 bits per heavy atom. The lowest BCUT2D eigenvalue weighted by molar-refractivity contribution is 0.0955. The molecule has 0 aliphatic carbocycles. The molecule has 0 bridgehead atoms. The highest BCUT2D eigenvalue weighted by Crippen LogP contribution is 2.24. The summed E-state index contributed by atoms with van der Waals surface area (Å²) >= 11 is 0. The molecule has 2 fully saturated rings. The molecule has 1 aromatic rings. The van der Waals surface area contributed by atoms with Crippen LogP contribution in [0.2, 0.25) is 0 Å². The molecule has 1 amide bonds. The summed E-state index contributed by atoms with van der Waals surface area (Å²) in [6.07, 6.45) is 6.95. The predicted octanol–water partition coefficient (Wildman–Crippen LogP) is 2.78. The Bertz CT molecular complexity index is 551. The molecule has 0 saturated carbocycles. The zero-order valence-corrected chi connectivity index (χ0v) is 15.7. The molecule has 2 saturated heterocycles. The lowest BCUT2D eigenvalue weighted by Crippen LogP contribution is -2.43. The van der Waals surface area contributed by atoms with Crippen molar-refractivity contribution in [1.29, 1.82) is 0 Å². The molecule has 138 valence electrons. The van der Waals surface area contributed by atoms with E-state index in [2.05, 4.69) is 27.0 Å². The van der Waals surface area contributed by atoms with Gasteiger partial charge in [0.05, 0.1) is 5.56 Å². The van der Waals surface area contributed by atoms with Crippen molar-refractivity contribution >= 4 is 11.7 Å². The van der Waals surface area contributed by atoms with Crippen LogP contribution in [0.1, 0.15) is 49.9 Å². The van der Waals surface area contributed by atoms with Gasteiger partial charge in [-0.2, -0.15) is 0 Å². The number of rotatable bonds is 5. The van der Waals surface area contributed by atoms with Gasteiger partial charge in [0.25, 0.3) is 5.91 Å². The number of hydrogen-bond acceptors (Lipinski definition) is 4. The van der Waals surface area contributed by atoms with Gasteiger partial charge < -0.3 is 15.1 Å². The number of piperidine rings is 2. The highest BCUT2D eigenvalue weighted by molar-refractivity contribution is 5.93. The average Bonchev–Trinajstić information content (AvgIpc) is 2.64. The van der Waals surface area contributed by atoms with Crippen molar-refractivity contribution in [3.63, 3.8) is 0 Å². The number of amides is 1. The second-order valence-corrected chi connectivity index (χ2v) is 7.70. The maximum Gasteiger partial charge on any atom is 0.252 e. The van der Waals surface area contributed by atoms with E-state index in [1.54, 1.807) is 6.20 Å². The van der Waals surface area contributed by atoms with Crippen molar-refractivity contribution < 1.29 is 4.79 Å². The zero-order valence-electron chi connectivity index (χ0n) is 15.7. The molecule has 25 heavy (non-hydrogen) atoms. The number of pyridine rings is 1. The van der Waals surface area contributed by atoms with Crippen LogP contribution in [0.4, 0.5) is 5.82 Å². The Labute approximate surface area is 151 Å². The number of nitrogens with zero attached hydrogens (tertiary/aromatic N) is 3. The molecular formula is C20H32N4O. The van der Waals surface area contributed by atoms with Crippen molar-refractivity contribution in [1.82, 2.24) is 15.2 Å². The minimum Gasteiger partial charge on any atom is -0.356 e. The minimum absolute atomic E-state index is 0.0441. The van der Waals surface area contributed by atoms with Crippen LogP contribution >= 0.6 is 0 Å². The SMILES string of the molecule is CCNC(=O)c1ccc(N2CCCC(CN3CCC(C)CC3)C2)nc1. The standard InChI is InChI=1S/C20H32N4O/c1-3-21-20(25)18-6-7-19(22-13-18)24-10-4-5-17(15-24)14-23-11-8-16(2)9-12-23/h6-7,13,16-17H,3-5,8-12,14-15H2,1-2H3,(H,21,25). The average molecular weight is 345 g/mol. The quantitative estimate of drug-likeness (QED) is 0.892. The van der Waals surface area contributed by atoms with E-state index >= 15 is 0 Å². The Kier molecular flexibility index (Phi) is 6.29. The normalized spacial score (nSPS) is 22.8. The Hall–Kier alpha value is -1.62. The number of aromatic nitrogens is 1. The van der Waals surface area contributed by atoms with Crippen molar-refractivity contribution in [3.8, 4) is 0 Å². The number of hydrogen-bond donors (Lipinski definition) is 1. The summed E-state index contributed by atoms with van der Waals surface area (Å²) in [5.41, 5.74) is 0.640. The Balaban J connectivity index is 1.55. The number of carbonyl (C=O) groups is 1. The van der Waals surface area contributed by atoms with Gasteiger partial charge in [0, 0.05) is 32.4 Å². The van der Waals surface area contributed by atoms with E-state index in [9.17, 15) is 4.79 Å². The summed E-state index contributed by atoms with van der Waals surface area (Å²) in [6.45, 7) is 10.8. The molecule has 0 aromatic carbocycles. The lowest BCUT2D eigenvalue weighted by atomic mass is 9.94. The number of likely N-dealkylation sites (tertiary alicyclic amines) is 1. The van der Waals surface area contributed by atoms with Crippen LogP contribution in [-0.2, 0) is 0 Å². The van der Waals surface area contributed by atoms with Crippen LogP contribution in [-0.4, -0.2) is 55.1 Å². The molecule has 5 heteroatoms. The molecule has 2 aliphatic rings. The molecule has 5 nitrogen and oxygen atoms in total. The fraction of sp³-hybridized carbons (Fsp3) is 0.700. The van der Waals surface area contributed by atoms with E-state index in [4.69, 9.17) is 0 Å². The number of anilines is 1. The lowest BCUT2D eigenvalue weighted by Gasteiger charge is -2.38. The molecule has 3 heterocycles. The van der Waals surface area contributed by atoms with Crippen LogP contribution in [0.15, 0.2) is 18.3 Å². The molecule has 1 unspecified atom stereocenters. The second kappa shape index (κ2) is 8.65. The van der Waals surface area contributed by atoms with Crippen molar-refractivity contribution in [2.75, 3.05) is 44.2 Å². The predicted molar refractivity (Wildman–Crippen MR) is 102 cm³/mol. The first-order valence-corrected chi connectivity index (χ1v) is 9.87. The minimum atomic E-state index is -0.0441. The molecule has 1 atom stereocenters. The maximum atomic E-state index is 11.9. The van der Waals surface area contributed by atoms with Crippen molar-refractivity contribution in [3.05, 3.63) is 23.9 Å². The van der Waals surface area contributed by atoms with Gasteiger partial charge in [0.15, 0.2) is 0 Å². The van der Waals surface area contributed by atoms with E-state index in [0.29, 0.717) is 12.1 Å². The van der Waals surface area contributed by atoms with Crippen LogP contribution in [0, 0.1) is 11.8 Å². The van der Waals surface area contributed by atoms with Gasteiger partial charge in [0.1, 0.15) is 5.82 Å². The van der Waals surface area contributed by atoms with E-state index in [1.165, 1.54) is 45.3 Å². The second-order valence-electron chi connectivity index (χ2n) is 7.70. The van der Waals surface area contributed by atoms with E-state index in [1.807, 2.05) is 19.1 Å². The number of carbonyl (C=O) groups excluding carboxylic acids is 1. The number of nitrogens with one attached hydrogen (secondary N) is 1. The van der Waals surface area contributed by atoms with Gasteiger partial charge in [0.2, 0.25) is 0 Å². The van der Waals surface area contributed by atoms with Gasteiger partial charge in [-0.15, -0.1) is 0 Å². The molecule has 1 aromatic heterocycles. The molecule has 0 radical (unpaired) electrons. The summed E-state index contributed by atoms with van der Waals surface area (Å²) in [5, 5.41) is 2.82. The highest BCUT2D eigenvalue weighted by atomic mass is 16.1. The summed E-state index contributed by atoms with van der Waals surface area (Å²) in [6, 6.07) is 3.89. The van der Waals surface area contributed by atoms with Gasteiger partial charge in [-0.3, -0.25) is 4.79 Å². The van der Waals surface area contributed by atoms with E-state index in [-0.39, 0.29) is 5.91 Å². The first kappa shape index (κ1) is 18.2. The largest absolute Gasteiger partial charge is 0.356 e. The van der Waals surface area contributed by atoms with Gasteiger partial charge >= 0.3 is 0 Å². The third-order valence-electron chi connectivity index (χ3n) is 5.58. The van der Waals surface area contributed by atoms with Crippen molar-refractivity contribution in [2.45, 2.75) is 39.5 Å². The molecule has 0 spiro atoms. The maximum absolute atomic E-state index is 11.9. The smallest absolute Gasteiger partial charge is 0.252 e. The highest BCUT2D eigenvalue weighted by Gasteiger charge is 2.24. The van der Waals surface area contributed by atoms with E-state index < -0.39 is 0 Å². The summed E-state index contributed by atoms with van der Waals surface area (Å²) < 4.78 is 0. The first-order valence-electron chi connectivity index (χ1n) is 9.87. The zero-order chi connectivity index (χ0) is 17.6. The molecular weight excluding hydrogens is 312 g/mol. The molecule has 3 rings (SSSR count). The third-order valence-corrected chi connectivity index (χ3v) is 5.58. The van der Waals surface area contributed by atoms with Gasteiger partial charge in [-0.1, -0.05) is 6.92 Å². The molecule has 2 aliphatic heterocycles. The van der Waals surface area contributed by atoms with Crippen LogP contribution in [0.3, 0.4) is 0 Å². The van der Waals surface area contributed by atoms with Gasteiger partial charge in [-0.25, -0.2) is 4.98 Å². The fourth-order valence-corrected chi connectivity index (χ4v) is 4.00. The van der Waals surface area contributed by atoms with Crippen LogP contribution in [0.25, 0.3) is 0 Å².